The smallest absolute Gasteiger partial charge is 0.159 e. The zero-order chi connectivity index (χ0) is 44.9. The lowest BCUT2D eigenvalue weighted by molar-refractivity contribution is 0.455. The number of para-hydroxylation sites is 1. The highest BCUT2D eigenvalue weighted by atomic mass is 15.2. The predicted molar refractivity (Wildman–Crippen MR) is 288 cm³/mol. The quantitative estimate of drug-likeness (QED) is 0.172. The van der Waals surface area contributed by atoms with Gasteiger partial charge in [-0.3, -0.25) is 0 Å². The van der Waals surface area contributed by atoms with Crippen LogP contribution in [-0.2, 0) is 5.66 Å². The molecule has 1 atom stereocenters. The first-order valence-corrected chi connectivity index (χ1v) is 23.4. The van der Waals surface area contributed by atoms with E-state index < -0.39 is 5.66 Å². The van der Waals surface area contributed by atoms with Crippen LogP contribution in [0.4, 0.5) is 0 Å². The van der Waals surface area contributed by atoms with Crippen LogP contribution >= 0.6 is 0 Å². The molecule has 0 bridgehead atoms. The van der Waals surface area contributed by atoms with Gasteiger partial charge in [-0.25, -0.2) is 9.98 Å². The van der Waals surface area contributed by atoms with E-state index in [-0.39, 0.29) is 0 Å². The van der Waals surface area contributed by atoms with Crippen LogP contribution in [0.3, 0.4) is 0 Å². The molecule has 14 rings (SSSR count). The number of fused-ring (bicyclic) bond motifs is 15. The summed E-state index contributed by atoms with van der Waals surface area (Å²) in [7, 11) is 0. The summed E-state index contributed by atoms with van der Waals surface area (Å²) in [6.07, 6.45) is 0. The van der Waals surface area contributed by atoms with E-state index in [1.807, 2.05) is 0 Å². The number of amidine groups is 2. The van der Waals surface area contributed by atoms with Gasteiger partial charge in [-0.05, 0) is 119 Å². The zero-order valence-corrected chi connectivity index (χ0v) is 37.3. The second kappa shape index (κ2) is 14.8. The Labute approximate surface area is 392 Å². The molecular formula is C64H42N4. The van der Waals surface area contributed by atoms with Crippen molar-refractivity contribution in [3.63, 3.8) is 0 Å². The Kier molecular flexibility index (Phi) is 8.38. The van der Waals surface area contributed by atoms with Gasteiger partial charge in [-0.1, -0.05) is 194 Å². The van der Waals surface area contributed by atoms with Crippen molar-refractivity contribution >= 4 is 98.1 Å². The summed E-state index contributed by atoms with van der Waals surface area (Å²) in [5.74, 6) is 1.44. The molecule has 318 valence electrons. The summed E-state index contributed by atoms with van der Waals surface area (Å²) in [4.78, 5) is 11.1. The Hall–Kier alpha value is -8.86. The fraction of sp³-hybridized carbons (Fsp3) is 0.0312. The van der Waals surface area contributed by atoms with Gasteiger partial charge in [0.2, 0.25) is 0 Å². The Bertz CT molecular complexity index is 4260. The third-order valence-corrected chi connectivity index (χ3v) is 14.4. The molecule has 1 aliphatic heterocycles. The highest BCUT2D eigenvalue weighted by molar-refractivity contribution is 6.30. The lowest BCUT2D eigenvalue weighted by Gasteiger charge is -2.33. The molecule has 0 saturated carbocycles. The molecular weight excluding hydrogens is 825 g/mol. The molecule has 68 heavy (non-hydrogen) atoms. The molecule has 0 aliphatic carbocycles. The second-order valence-corrected chi connectivity index (χ2v) is 18.3. The SMILES string of the molecule is CC1(c2ccccc2)N=C(c2ccc3c4ccccc4c4ccccc4c3c2)N=C(c2cc(-n3c4ccccc4c4cc(-c5ccccc5)ccc43)c3c4ccccc4c4ccccc4c3c2)N1. The minimum absolute atomic E-state index is 0.680. The molecule has 0 spiro atoms. The molecule has 0 radical (unpaired) electrons. The number of aliphatic imine (C=N–C) groups is 2. The van der Waals surface area contributed by atoms with E-state index in [1.54, 1.807) is 0 Å². The largest absolute Gasteiger partial charge is 0.342 e. The van der Waals surface area contributed by atoms with Crippen LogP contribution in [0.15, 0.2) is 241 Å². The fourth-order valence-electron chi connectivity index (χ4n) is 11.2. The topological polar surface area (TPSA) is 41.7 Å². The molecule has 0 fully saturated rings. The van der Waals surface area contributed by atoms with Gasteiger partial charge < -0.3 is 9.88 Å². The van der Waals surface area contributed by atoms with Crippen molar-refractivity contribution < 1.29 is 0 Å². The summed E-state index contributed by atoms with van der Waals surface area (Å²) in [5.41, 5.74) is 7.94. The molecule has 1 N–H and O–H groups in total. The first kappa shape index (κ1) is 38.4. The fourth-order valence-corrected chi connectivity index (χ4v) is 11.2. The van der Waals surface area contributed by atoms with Gasteiger partial charge in [0.05, 0.1) is 16.7 Å². The second-order valence-electron chi connectivity index (χ2n) is 18.3. The van der Waals surface area contributed by atoms with Crippen LogP contribution in [-0.4, -0.2) is 16.2 Å². The van der Waals surface area contributed by atoms with Crippen molar-refractivity contribution in [1.29, 1.82) is 0 Å². The summed E-state index contributed by atoms with van der Waals surface area (Å²) >= 11 is 0. The molecule has 2 heterocycles. The standard InChI is InChI=1S/C64H42N4/c1-64(44-20-6-3-7-21-44)66-62(42-32-34-52-47-24-9-8-22-45(47)46-23-10-12-27-50(46)55(52)37-42)65-63(67-64)43-38-57-51-28-13-11-25-48(51)49-26-14-15-30-54(49)61(57)60(39-43)68-58-31-17-16-29-53(58)56-36-41(33-35-59(56)68)40-18-4-2-5-19-40/h2-39H,1H3,(H,65,66,67). The van der Waals surface area contributed by atoms with Crippen LogP contribution in [0.25, 0.3) is 103 Å². The van der Waals surface area contributed by atoms with Crippen molar-refractivity contribution in [2.75, 3.05) is 0 Å². The van der Waals surface area contributed by atoms with Gasteiger partial charge in [0.15, 0.2) is 11.5 Å². The maximum atomic E-state index is 5.58. The Balaban J connectivity index is 1.07. The summed E-state index contributed by atoms with van der Waals surface area (Å²) in [6.45, 7) is 2.17. The van der Waals surface area contributed by atoms with E-state index in [0.717, 1.165) is 44.6 Å². The van der Waals surface area contributed by atoms with Crippen LogP contribution in [0, 0.1) is 0 Å². The number of hydrogen-bond donors (Lipinski definition) is 1. The van der Waals surface area contributed by atoms with Crippen LogP contribution in [0.5, 0.6) is 0 Å². The first-order chi connectivity index (χ1) is 33.6. The van der Waals surface area contributed by atoms with Gasteiger partial charge in [0.1, 0.15) is 5.84 Å². The molecule has 4 heteroatoms. The van der Waals surface area contributed by atoms with E-state index in [4.69, 9.17) is 9.98 Å². The zero-order valence-electron chi connectivity index (χ0n) is 37.3. The van der Waals surface area contributed by atoms with Crippen molar-refractivity contribution in [3.8, 4) is 16.8 Å². The first-order valence-electron chi connectivity index (χ1n) is 23.4. The minimum atomic E-state index is -0.838. The predicted octanol–water partition coefficient (Wildman–Crippen LogP) is 16.0. The average Bonchev–Trinajstić information content (AvgIpc) is 3.74. The average molecular weight is 867 g/mol. The number of nitrogens with zero attached hydrogens (tertiary/aromatic N) is 3. The number of rotatable bonds is 5. The molecule has 12 aromatic carbocycles. The Morgan fingerprint density at radius 3 is 1.49 bits per heavy atom. The molecule has 0 saturated heterocycles. The molecule has 13 aromatic rings. The minimum Gasteiger partial charge on any atom is -0.342 e. The number of benzene rings is 12. The van der Waals surface area contributed by atoms with E-state index in [1.165, 1.54) is 81.1 Å². The van der Waals surface area contributed by atoms with Gasteiger partial charge in [-0.15, -0.1) is 0 Å². The molecule has 1 unspecified atom stereocenters. The van der Waals surface area contributed by atoms with Crippen LogP contribution in [0.2, 0.25) is 0 Å². The van der Waals surface area contributed by atoms with Crippen molar-refractivity contribution in [3.05, 3.63) is 247 Å². The third kappa shape index (κ3) is 5.80. The van der Waals surface area contributed by atoms with Crippen LogP contribution in [0.1, 0.15) is 23.6 Å². The van der Waals surface area contributed by atoms with Gasteiger partial charge >= 0.3 is 0 Å². The van der Waals surface area contributed by atoms with Crippen LogP contribution < -0.4 is 5.32 Å². The van der Waals surface area contributed by atoms with E-state index in [2.05, 4.69) is 247 Å². The number of hydrogen-bond acceptors (Lipinski definition) is 3. The van der Waals surface area contributed by atoms with Crippen molar-refractivity contribution in [2.45, 2.75) is 12.6 Å². The summed E-state index contributed by atoms with van der Waals surface area (Å²) in [6, 6.07) is 83.7. The maximum Gasteiger partial charge on any atom is 0.159 e. The summed E-state index contributed by atoms with van der Waals surface area (Å²) in [5, 5.41) is 20.9. The lowest BCUT2D eigenvalue weighted by Crippen LogP contribution is -2.46. The monoisotopic (exact) mass is 866 g/mol. The van der Waals surface area contributed by atoms with Crippen molar-refractivity contribution in [2.24, 2.45) is 9.98 Å². The van der Waals surface area contributed by atoms with Gasteiger partial charge in [0, 0.05) is 27.3 Å². The van der Waals surface area contributed by atoms with E-state index in [9.17, 15) is 0 Å². The molecule has 4 nitrogen and oxygen atoms in total. The Morgan fingerprint density at radius 1 is 0.353 bits per heavy atom. The Morgan fingerprint density at radius 2 is 0.824 bits per heavy atom. The number of nitrogens with one attached hydrogen (secondary N) is 1. The molecule has 0 amide bonds. The van der Waals surface area contributed by atoms with E-state index >= 15 is 0 Å². The maximum absolute atomic E-state index is 5.58. The van der Waals surface area contributed by atoms with E-state index in [0.29, 0.717) is 5.84 Å². The van der Waals surface area contributed by atoms with Crippen molar-refractivity contribution in [1.82, 2.24) is 9.88 Å². The lowest BCUT2D eigenvalue weighted by atomic mass is 9.91. The highest BCUT2D eigenvalue weighted by Gasteiger charge is 2.33. The third-order valence-electron chi connectivity index (χ3n) is 14.4. The molecule has 1 aliphatic rings. The number of aromatic nitrogens is 1. The van der Waals surface area contributed by atoms with Gasteiger partial charge in [-0.2, -0.15) is 0 Å². The normalized spacial score (nSPS) is 15.2. The summed E-state index contributed by atoms with van der Waals surface area (Å²) < 4.78 is 2.49. The highest BCUT2D eigenvalue weighted by Crippen LogP contribution is 2.44. The van der Waals surface area contributed by atoms with Gasteiger partial charge in [0.25, 0.3) is 0 Å². The molecule has 1 aromatic heterocycles.